The Bertz CT molecular complexity index is 394. The Labute approximate surface area is 90.5 Å². The summed E-state index contributed by atoms with van der Waals surface area (Å²) in [5.41, 5.74) is 2.74. The second kappa shape index (κ2) is 3.48. The molecular formula is C14H16O. The smallest absolute Gasteiger partial charge is 0.140 e. The Hall–Kier alpha value is -1.11. The van der Waals surface area contributed by atoms with Crippen LogP contribution in [0.3, 0.4) is 0 Å². The molecule has 0 aromatic heterocycles. The molecular weight excluding hydrogens is 184 g/mol. The average molecular weight is 200 g/mol. The molecule has 0 heterocycles. The van der Waals surface area contributed by atoms with E-state index >= 15 is 0 Å². The third kappa shape index (κ3) is 1.41. The lowest BCUT2D eigenvalue weighted by atomic mass is 9.67. The second-order valence-electron chi connectivity index (χ2n) is 4.84. The summed E-state index contributed by atoms with van der Waals surface area (Å²) in [6.07, 6.45) is 5.56. The van der Waals surface area contributed by atoms with E-state index in [2.05, 4.69) is 24.3 Å². The number of benzene rings is 1. The Kier molecular flexibility index (Phi) is 2.12. The molecule has 1 saturated carbocycles. The van der Waals surface area contributed by atoms with Crippen LogP contribution in [0.1, 0.15) is 42.7 Å². The highest BCUT2D eigenvalue weighted by atomic mass is 16.1. The summed E-state index contributed by atoms with van der Waals surface area (Å²) < 4.78 is 0. The van der Waals surface area contributed by atoms with Gasteiger partial charge in [-0.1, -0.05) is 37.1 Å². The van der Waals surface area contributed by atoms with Crippen molar-refractivity contribution in [1.82, 2.24) is 0 Å². The summed E-state index contributed by atoms with van der Waals surface area (Å²) >= 11 is 0. The van der Waals surface area contributed by atoms with Gasteiger partial charge < -0.3 is 0 Å². The van der Waals surface area contributed by atoms with Gasteiger partial charge in [0.1, 0.15) is 5.78 Å². The summed E-state index contributed by atoms with van der Waals surface area (Å²) in [5.74, 6) is 1.36. The molecule has 1 fully saturated rings. The van der Waals surface area contributed by atoms with E-state index in [4.69, 9.17) is 0 Å². The van der Waals surface area contributed by atoms with E-state index in [-0.39, 0.29) is 0 Å². The van der Waals surface area contributed by atoms with E-state index < -0.39 is 0 Å². The molecule has 2 aliphatic carbocycles. The first kappa shape index (κ1) is 9.14. The van der Waals surface area contributed by atoms with Crippen molar-refractivity contribution in [3.05, 3.63) is 35.4 Å². The topological polar surface area (TPSA) is 17.1 Å². The number of carbonyl (C=O) groups excluding carboxylic acids is 1. The Balaban J connectivity index is 2.06. The van der Waals surface area contributed by atoms with Crippen LogP contribution in [0.5, 0.6) is 0 Å². The van der Waals surface area contributed by atoms with Gasteiger partial charge in [0.25, 0.3) is 0 Å². The van der Waals surface area contributed by atoms with Gasteiger partial charge in [0.2, 0.25) is 0 Å². The molecule has 1 aromatic rings. The van der Waals surface area contributed by atoms with Crippen molar-refractivity contribution in [3.8, 4) is 0 Å². The zero-order chi connectivity index (χ0) is 10.3. The summed E-state index contributed by atoms with van der Waals surface area (Å²) in [4.78, 5) is 12.0. The van der Waals surface area contributed by atoms with Crippen LogP contribution in [0.15, 0.2) is 24.3 Å². The van der Waals surface area contributed by atoms with E-state index in [0.29, 0.717) is 24.0 Å². The molecule has 0 saturated heterocycles. The lowest BCUT2D eigenvalue weighted by Crippen LogP contribution is -2.32. The maximum absolute atomic E-state index is 12.0. The van der Waals surface area contributed by atoms with Gasteiger partial charge >= 0.3 is 0 Å². The van der Waals surface area contributed by atoms with E-state index in [1.165, 1.54) is 30.4 Å². The van der Waals surface area contributed by atoms with Crippen molar-refractivity contribution in [2.75, 3.05) is 0 Å². The number of hydrogen-bond acceptors (Lipinski definition) is 1. The standard InChI is InChI=1S/C14H16O/c15-14-9-10-5-1-2-6-11(10)12-7-3-4-8-13(12)14/h1-2,5-6,12-13H,3-4,7-9H2/t12-,13-/m0/s1. The first-order chi connectivity index (χ1) is 7.36. The molecule has 0 bridgehead atoms. The third-order valence-corrected chi connectivity index (χ3v) is 4.00. The van der Waals surface area contributed by atoms with Gasteiger partial charge in [-0.3, -0.25) is 4.79 Å². The third-order valence-electron chi connectivity index (χ3n) is 4.00. The first-order valence-corrected chi connectivity index (χ1v) is 5.97. The Morgan fingerprint density at radius 2 is 1.73 bits per heavy atom. The summed E-state index contributed by atoms with van der Waals surface area (Å²) in [5, 5.41) is 0. The molecule has 78 valence electrons. The number of carbonyl (C=O) groups is 1. The van der Waals surface area contributed by atoms with Gasteiger partial charge in [0, 0.05) is 12.3 Å². The monoisotopic (exact) mass is 200 g/mol. The Morgan fingerprint density at radius 3 is 2.60 bits per heavy atom. The van der Waals surface area contributed by atoms with Gasteiger partial charge in [-0.25, -0.2) is 0 Å². The quantitative estimate of drug-likeness (QED) is 0.629. The van der Waals surface area contributed by atoms with Crippen molar-refractivity contribution < 1.29 is 4.79 Å². The van der Waals surface area contributed by atoms with E-state index in [9.17, 15) is 4.79 Å². The number of Topliss-reactive ketones (excluding diaryl/α,β-unsaturated/α-hetero) is 1. The fourth-order valence-corrected chi connectivity index (χ4v) is 3.26. The normalized spacial score (nSPS) is 29.5. The van der Waals surface area contributed by atoms with Crippen LogP contribution in [-0.4, -0.2) is 5.78 Å². The van der Waals surface area contributed by atoms with E-state index in [1.807, 2.05) is 0 Å². The predicted octanol–water partition coefficient (Wildman–Crippen LogP) is 3.09. The summed E-state index contributed by atoms with van der Waals surface area (Å²) in [6, 6.07) is 8.51. The van der Waals surface area contributed by atoms with Crippen LogP contribution < -0.4 is 0 Å². The number of fused-ring (bicyclic) bond motifs is 3. The summed E-state index contributed by atoms with van der Waals surface area (Å²) in [7, 11) is 0. The van der Waals surface area contributed by atoms with Crippen molar-refractivity contribution >= 4 is 5.78 Å². The lowest BCUT2D eigenvalue weighted by molar-refractivity contribution is -0.124. The van der Waals surface area contributed by atoms with Gasteiger partial charge in [-0.05, 0) is 29.9 Å². The molecule has 0 amide bonds. The molecule has 0 aliphatic heterocycles. The molecule has 0 spiro atoms. The molecule has 2 atom stereocenters. The molecule has 0 N–H and O–H groups in total. The van der Waals surface area contributed by atoms with Gasteiger partial charge in [0.15, 0.2) is 0 Å². The maximum atomic E-state index is 12.0. The second-order valence-corrected chi connectivity index (χ2v) is 4.84. The van der Waals surface area contributed by atoms with Crippen LogP contribution >= 0.6 is 0 Å². The van der Waals surface area contributed by atoms with Crippen molar-refractivity contribution in [2.45, 2.75) is 38.0 Å². The fourth-order valence-electron chi connectivity index (χ4n) is 3.26. The van der Waals surface area contributed by atoms with Crippen LogP contribution in [0.25, 0.3) is 0 Å². The molecule has 1 heteroatoms. The van der Waals surface area contributed by atoms with Crippen LogP contribution in [0.4, 0.5) is 0 Å². The zero-order valence-electron chi connectivity index (χ0n) is 8.91. The van der Waals surface area contributed by atoms with Gasteiger partial charge in [0.05, 0.1) is 0 Å². The minimum atomic E-state index is 0.341. The molecule has 0 radical (unpaired) electrons. The highest BCUT2D eigenvalue weighted by Gasteiger charge is 2.36. The highest BCUT2D eigenvalue weighted by Crippen LogP contribution is 2.43. The number of hydrogen-bond donors (Lipinski definition) is 0. The summed E-state index contributed by atoms with van der Waals surface area (Å²) in [6.45, 7) is 0. The largest absolute Gasteiger partial charge is 0.299 e. The van der Waals surface area contributed by atoms with Crippen molar-refractivity contribution in [2.24, 2.45) is 5.92 Å². The Morgan fingerprint density at radius 1 is 1.00 bits per heavy atom. The first-order valence-electron chi connectivity index (χ1n) is 5.97. The van der Waals surface area contributed by atoms with Crippen LogP contribution in [-0.2, 0) is 11.2 Å². The van der Waals surface area contributed by atoms with Gasteiger partial charge in [-0.15, -0.1) is 0 Å². The molecule has 1 aromatic carbocycles. The molecule has 1 nitrogen and oxygen atoms in total. The van der Waals surface area contributed by atoms with E-state index in [0.717, 1.165) is 6.42 Å². The van der Waals surface area contributed by atoms with Gasteiger partial charge in [-0.2, -0.15) is 0 Å². The van der Waals surface area contributed by atoms with Crippen molar-refractivity contribution in [3.63, 3.8) is 0 Å². The highest BCUT2D eigenvalue weighted by molar-refractivity contribution is 5.86. The lowest BCUT2D eigenvalue weighted by Gasteiger charge is -2.35. The fraction of sp³-hybridized carbons (Fsp3) is 0.500. The molecule has 0 unspecified atom stereocenters. The van der Waals surface area contributed by atoms with Crippen LogP contribution in [0.2, 0.25) is 0 Å². The zero-order valence-corrected chi connectivity index (χ0v) is 8.91. The maximum Gasteiger partial charge on any atom is 0.140 e. The van der Waals surface area contributed by atoms with Crippen molar-refractivity contribution in [1.29, 1.82) is 0 Å². The van der Waals surface area contributed by atoms with Crippen LogP contribution in [0, 0.1) is 5.92 Å². The number of rotatable bonds is 0. The molecule has 2 aliphatic rings. The minimum absolute atomic E-state index is 0.341. The predicted molar refractivity (Wildman–Crippen MR) is 59.9 cm³/mol. The molecule has 15 heavy (non-hydrogen) atoms. The SMILES string of the molecule is O=C1Cc2ccccc2[C@@H]2CCCC[C@H]12. The minimum Gasteiger partial charge on any atom is -0.299 e. The van der Waals surface area contributed by atoms with E-state index in [1.54, 1.807) is 0 Å². The number of ketones is 1. The average Bonchev–Trinajstić information content (AvgIpc) is 2.30. The molecule has 3 rings (SSSR count).